The Hall–Kier alpha value is -3.42. The van der Waals surface area contributed by atoms with Crippen molar-refractivity contribution in [2.75, 3.05) is 55.6 Å². The van der Waals surface area contributed by atoms with Crippen LogP contribution < -0.4 is 21.1 Å². The van der Waals surface area contributed by atoms with Crippen molar-refractivity contribution in [1.29, 1.82) is 5.26 Å². The molecular formula is C30H34N6O3. The average molecular weight is 527 g/mol. The number of aromatic amines is 1. The Morgan fingerprint density at radius 1 is 1.10 bits per heavy atom. The topological polar surface area (TPSA) is 111 Å². The summed E-state index contributed by atoms with van der Waals surface area (Å²) in [4.78, 5) is 21.9. The second-order valence-corrected chi connectivity index (χ2v) is 12.1. The molecule has 4 aliphatic heterocycles. The summed E-state index contributed by atoms with van der Waals surface area (Å²) in [5, 5.41) is 10.4. The minimum absolute atomic E-state index is 0.0415. The van der Waals surface area contributed by atoms with Crippen LogP contribution in [-0.4, -0.2) is 73.4 Å². The number of likely N-dealkylation sites (tertiary alicyclic amines) is 1. The van der Waals surface area contributed by atoms with Gasteiger partial charge < -0.3 is 30.0 Å². The van der Waals surface area contributed by atoms with Gasteiger partial charge in [-0.25, -0.2) is 0 Å². The lowest BCUT2D eigenvalue weighted by molar-refractivity contribution is -0.155. The van der Waals surface area contributed by atoms with Crippen molar-refractivity contribution in [3.63, 3.8) is 0 Å². The molecule has 1 aromatic heterocycles. The molecule has 0 bridgehead atoms. The summed E-state index contributed by atoms with van der Waals surface area (Å²) in [6, 6.07) is 16.1. The molecule has 202 valence electrons. The number of ether oxygens (including phenoxy) is 2. The molecule has 0 saturated carbocycles. The van der Waals surface area contributed by atoms with E-state index in [1.165, 1.54) is 22.9 Å². The number of nitrogens with zero attached hydrogens (tertiary/aromatic N) is 4. The molecule has 3 saturated heterocycles. The molecule has 2 atom stereocenters. The number of fused-ring (bicyclic) bond motifs is 3. The highest BCUT2D eigenvalue weighted by Gasteiger charge is 2.50. The van der Waals surface area contributed by atoms with E-state index in [9.17, 15) is 10.1 Å². The van der Waals surface area contributed by atoms with Crippen molar-refractivity contribution in [3.8, 4) is 6.07 Å². The van der Waals surface area contributed by atoms with Crippen LogP contribution in [0.15, 0.2) is 47.3 Å². The van der Waals surface area contributed by atoms with Crippen molar-refractivity contribution in [3.05, 3.63) is 69.5 Å². The van der Waals surface area contributed by atoms with Gasteiger partial charge >= 0.3 is 0 Å². The largest absolute Gasteiger partial charge is 0.370 e. The van der Waals surface area contributed by atoms with Crippen molar-refractivity contribution in [2.45, 2.75) is 43.8 Å². The summed E-state index contributed by atoms with van der Waals surface area (Å²) in [5.41, 5.74) is 11.6. The van der Waals surface area contributed by atoms with E-state index in [2.05, 4.69) is 57.8 Å². The Kier molecular flexibility index (Phi) is 5.55. The number of nitriles is 1. The predicted molar refractivity (Wildman–Crippen MR) is 150 cm³/mol. The summed E-state index contributed by atoms with van der Waals surface area (Å²) in [6.45, 7) is 10.7. The zero-order valence-electron chi connectivity index (χ0n) is 22.4. The third-order valence-electron chi connectivity index (χ3n) is 8.63. The van der Waals surface area contributed by atoms with E-state index >= 15 is 0 Å². The number of hydrogen-bond acceptors (Lipinski definition) is 8. The lowest BCUT2D eigenvalue weighted by Gasteiger charge is -2.50. The van der Waals surface area contributed by atoms with Crippen molar-refractivity contribution in [2.24, 2.45) is 5.73 Å². The Balaban J connectivity index is 1.04. The molecule has 0 amide bonds. The van der Waals surface area contributed by atoms with Gasteiger partial charge in [0.2, 0.25) is 5.56 Å². The van der Waals surface area contributed by atoms with Crippen molar-refractivity contribution in [1.82, 2.24) is 9.88 Å². The average Bonchev–Trinajstić information content (AvgIpc) is 3.25. The van der Waals surface area contributed by atoms with E-state index in [-0.39, 0.29) is 28.9 Å². The third kappa shape index (κ3) is 4.19. The molecular weight excluding hydrogens is 492 g/mol. The monoisotopic (exact) mass is 526 g/mol. The first kappa shape index (κ1) is 24.6. The van der Waals surface area contributed by atoms with Crippen molar-refractivity contribution >= 4 is 22.3 Å². The van der Waals surface area contributed by atoms with Gasteiger partial charge in [-0.2, -0.15) is 5.26 Å². The van der Waals surface area contributed by atoms with Gasteiger partial charge in [0.25, 0.3) is 0 Å². The molecule has 9 heteroatoms. The van der Waals surface area contributed by atoms with Crippen LogP contribution in [0.4, 0.5) is 11.4 Å². The Labute approximate surface area is 227 Å². The van der Waals surface area contributed by atoms with Gasteiger partial charge in [0.1, 0.15) is 11.7 Å². The molecule has 1 spiro atoms. The molecule has 0 radical (unpaired) electrons. The van der Waals surface area contributed by atoms with Crippen LogP contribution in [-0.2, 0) is 21.7 Å². The number of H-pyrrole nitrogens is 1. The van der Waals surface area contributed by atoms with E-state index < -0.39 is 0 Å². The standard InChI is InChI=1S/C30H34N6O3/c1-19-11-35(26-7-3-20(10-31)28-24(26)5-8-27(37)33-28)13-23(39-19)12-34-17-30(18-34)25-6-4-22(9-21(25)14-38-30)36-15-29(2,32)16-36/h3-9,19,23H,11-18,32H2,1-2H3,(H,33,37). The first-order valence-electron chi connectivity index (χ1n) is 13.7. The second-order valence-electron chi connectivity index (χ2n) is 12.1. The van der Waals surface area contributed by atoms with Crippen LogP contribution in [0, 0.1) is 11.3 Å². The minimum Gasteiger partial charge on any atom is -0.370 e. The van der Waals surface area contributed by atoms with E-state index in [4.69, 9.17) is 15.2 Å². The second kappa shape index (κ2) is 8.80. The summed E-state index contributed by atoms with van der Waals surface area (Å²) in [6.07, 6.45) is 0.103. The molecule has 2 unspecified atom stereocenters. The Morgan fingerprint density at radius 3 is 2.69 bits per heavy atom. The van der Waals surface area contributed by atoms with Crippen LogP contribution in [0.5, 0.6) is 0 Å². The minimum atomic E-state index is -0.222. The fourth-order valence-corrected chi connectivity index (χ4v) is 6.94. The Morgan fingerprint density at radius 2 is 1.92 bits per heavy atom. The maximum absolute atomic E-state index is 12.0. The van der Waals surface area contributed by atoms with E-state index in [0.717, 1.165) is 56.9 Å². The highest BCUT2D eigenvalue weighted by atomic mass is 16.5. The first-order valence-corrected chi connectivity index (χ1v) is 13.7. The van der Waals surface area contributed by atoms with Crippen LogP contribution >= 0.6 is 0 Å². The fraction of sp³-hybridized carbons (Fsp3) is 0.467. The van der Waals surface area contributed by atoms with Crippen LogP contribution in [0.25, 0.3) is 10.9 Å². The smallest absolute Gasteiger partial charge is 0.248 e. The molecule has 3 aromatic rings. The van der Waals surface area contributed by atoms with Gasteiger partial charge in [-0.1, -0.05) is 6.07 Å². The number of benzene rings is 2. The molecule has 5 heterocycles. The number of pyridine rings is 1. The molecule has 9 nitrogen and oxygen atoms in total. The lowest BCUT2D eigenvalue weighted by Crippen LogP contribution is -2.65. The molecule has 39 heavy (non-hydrogen) atoms. The number of nitrogens with one attached hydrogen (secondary N) is 1. The highest BCUT2D eigenvalue weighted by molar-refractivity contribution is 5.95. The summed E-state index contributed by atoms with van der Waals surface area (Å²) in [7, 11) is 0. The lowest BCUT2D eigenvalue weighted by atomic mass is 9.84. The van der Waals surface area contributed by atoms with Gasteiger partial charge in [0.05, 0.1) is 29.9 Å². The molecule has 4 aliphatic rings. The molecule has 7 rings (SSSR count). The number of nitrogens with two attached hydrogens (primary N) is 1. The Bertz CT molecular complexity index is 1540. The molecule has 2 aromatic carbocycles. The summed E-state index contributed by atoms with van der Waals surface area (Å²) in [5.74, 6) is 0. The number of hydrogen-bond donors (Lipinski definition) is 2. The number of anilines is 2. The SMILES string of the molecule is CC1CN(c2ccc(C#N)c3[nH]c(=O)ccc23)CC(CN2CC3(C2)OCc2cc(N4CC(C)(N)C4)ccc23)O1. The van der Waals surface area contributed by atoms with Gasteiger partial charge in [-0.3, -0.25) is 9.69 Å². The maximum atomic E-state index is 12.0. The molecule has 3 N–H and O–H groups in total. The fourth-order valence-electron chi connectivity index (χ4n) is 6.94. The van der Waals surface area contributed by atoms with Gasteiger partial charge in [0.15, 0.2) is 0 Å². The van der Waals surface area contributed by atoms with Crippen LogP contribution in [0.1, 0.15) is 30.5 Å². The van der Waals surface area contributed by atoms with Crippen LogP contribution in [0.2, 0.25) is 0 Å². The van der Waals surface area contributed by atoms with Gasteiger partial charge in [0, 0.05) is 74.2 Å². The zero-order valence-corrected chi connectivity index (χ0v) is 22.4. The number of rotatable bonds is 4. The highest BCUT2D eigenvalue weighted by Crippen LogP contribution is 2.45. The predicted octanol–water partition coefficient (Wildman–Crippen LogP) is 2.27. The first-order chi connectivity index (χ1) is 18.7. The van der Waals surface area contributed by atoms with E-state index in [1.54, 1.807) is 6.07 Å². The van der Waals surface area contributed by atoms with E-state index in [0.29, 0.717) is 17.7 Å². The van der Waals surface area contributed by atoms with Crippen LogP contribution in [0.3, 0.4) is 0 Å². The van der Waals surface area contributed by atoms with Gasteiger partial charge in [-0.05, 0) is 55.3 Å². The van der Waals surface area contributed by atoms with Gasteiger partial charge in [-0.15, -0.1) is 0 Å². The molecule has 3 fully saturated rings. The number of morpholine rings is 1. The quantitative estimate of drug-likeness (QED) is 0.533. The van der Waals surface area contributed by atoms with E-state index in [1.807, 2.05) is 12.1 Å². The summed E-state index contributed by atoms with van der Waals surface area (Å²) >= 11 is 0. The number of aromatic nitrogens is 1. The zero-order chi connectivity index (χ0) is 26.9. The normalized spacial score (nSPS) is 25.3. The molecule has 0 aliphatic carbocycles. The maximum Gasteiger partial charge on any atom is 0.248 e. The third-order valence-corrected chi connectivity index (χ3v) is 8.63. The van der Waals surface area contributed by atoms with Crippen molar-refractivity contribution < 1.29 is 9.47 Å². The summed E-state index contributed by atoms with van der Waals surface area (Å²) < 4.78 is 12.8.